The molecule has 1 saturated heterocycles. The average Bonchev–Trinajstić information content (AvgIpc) is 3.74. The van der Waals surface area contributed by atoms with Crippen LogP contribution in [0, 0.1) is 29.1 Å². The van der Waals surface area contributed by atoms with Crippen molar-refractivity contribution in [2.75, 3.05) is 0 Å². The number of ketones is 1. The standard InChI is InChI=1S/C34H46O10/c1-12-16(3)30(38)42-25-18(5)14-34-29(43-31(39)17(4)13-2)19(6)15-33(34,44-34)28(37)20(7)26(40-21(8)35)23-24(32(23,10)11)27(25)41-22(9)36/h12-14,19-20,23-27,29H,15H2,1-11H3/b16-12+,17-13+,18-14+/t19-,20+,23-,24+,25+,26-,27-,29-,33-,34-/m0/s1. The van der Waals surface area contributed by atoms with Crippen LogP contribution in [0.3, 0.4) is 0 Å². The highest BCUT2D eigenvalue weighted by Gasteiger charge is 2.84. The van der Waals surface area contributed by atoms with Crippen molar-refractivity contribution in [2.24, 2.45) is 29.1 Å². The Bertz CT molecular complexity index is 1350. The first-order valence-corrected chi connectivity index (χ1v) is 15.4. The van der Waals surface area contributed by atoms with E-state index in [1.807, 2.05) is 20.8 Å². The molecule has 10 atom stereocenters. The molecule has 0 N–H and O–H groups in total. The lowest BCUT2D eigenvalue weighted by molar-refractivity contribution is -0.165. The molecule has 4 aliphatic rings. The minimum absolute atomic E-state index is 0.258. The largest absolute Gasteiger partial charge is 0.461 e. The van der Waals surface area contributed by atoms with Gasteiger partial charge >= 0.3 is 23.9 Å². The molecule has 3 fully saturated rings. The molecule has 0 unspecified atom stereocenters. The van der Waals surface area contributed by atoms with Crippen molar-refractivity contribution in [3.8, 4) is 0 Å². The van der Waals surface area contributed by atoms with E-state index in [4.69, 9.17) is 23.7 Å². The van der Waals surface area contributed by atoms with Crippen molar-refractivity contribution in [3.63, 3.8) is 0 Å². The zero-order valence-corrected chi connectivity index (χ0v) is 27.6. The van der Waals surface area contributed by atoms with Crippen LogP contribution in [0.4, 0.5) is 0 Å². The van der Waals surface area contributed by atoms with Crippen LogP contribution in [0.25, 0.3) is 0 Å². The first kappa shape index (κ1) is 33.6. The number of fused-ring (bicyclic) bond motifs is 1. The maximum absolute atomic E-state index is 14.5. The molecule has 10 heteroatoms. The van der Waals surface area contributed by atoms with E-state index in [0.29, 0.717) is 16.7 Å². The summed E-state index contributed by atoms with van der Waals surface area (Å²) in [7, 11) is 0. The fourth-order valence-electron chi connectivity index (χ4n) is 7.69. The van der Waals surface area contributed by atoms with Gasteiger partial charge in [0.05, 0.1) is 5.92 Å². The number of carbonyl (C=O) groups excluding carboxylic acids is 5. The Balaban J connectivity index is 1.95. The monoisotopic (exact) mass is 614 g/mol. The number of epoxide rings is 1. The second-order valence-corrected chi connectivity index (χ2v) is 13.6. The highest BCUT2D eigenvalue weighted by atomic mass is 16.7. The molecule has 0 aromatic rings. The number of carbonyl (C=O) groups is 5. The van der Waals surface area contributed by atoms with E-state index >= 15 is 0 Å². The van der Waals surface area contributed by atoms with Crippen molar-refractivity contribution in [3.05, 3.63) is 34.9 Å². The van der Waals surface area contributed by atoms with E-state index in [1.54, 1.807) is 59.8 Å². The van der Waals surface area contributed by atoms with Crippen LogP contribution in [0.1, 0.15) is 82.6 Å². The number of hydrogen-bond acceptors (Lipinski definition) is 10. The third kappa shape index (κ3) is 5.33. The number of Topliss-reactive ketones (excluding diaryl/α,β-unsaturated/α-hetero) is 1. The highest BCUT2D eigenvalue weighted by molar-refractivity contribution is 5.96. The third-order valence-electron chi connectivity index (χ3n) is 10.3. The molecule has 0 aromatic carbocycles. The average molecular weight is 615 g/mol. The molecule has 1 aliphatic heterocycles. The number of ether oxygens (including phenoxy) is 5. The lowest BCUT2D eigenvalue weighted by Crippen LogP contribution is -2.43. The first-order chi connectivity index (χ1) is 20.4. The molecule has 4 rings (SSSR count). The zero-order chi connectivity index (χ0) is 33.1. The second-order valence-electron chi connectivity index (χ2n) is 13.6. The first-order valence-electron chi connectivity index (χ1n) is 15.4. The summed E-state index contributed by atoms with van der Waals surface area (Å²) in [5.41, 5.74) is -2.02. The highest BCUT2D eigenvalue weighted by Crippen LogP contribution is 2.69. The van der Waals surface area contributed by atoms with E-state index in [0.717, 1.165) is 0 Å². The maximum atomic E-state index is 14.5. The Hall–Kier alpha value is -3.27. The number of allylic oxidation sites excluding steroid dienone is 2. The normalized spacial score (nSPS) is 40.5. The third-order valence-corrected chi connectivity index (χ3v) is 10.3. The van der Waals surface area contributed by atoms with Crippen LogP contribution in [-0.2, 0) is 47.7 Å². The van der Waals surface area contributed by atoms with Crippen LogP contribution in [-0.4, -0.2) is 65.3 Å². The Kier molecular flexibility index (Phi) is 8.85. The van der Waals surface area contributed by atoms with Crippen LogP contribution in [0.2, 0.25) is 0 Å². The van der Waals surface area contributed by atoms with E-state index in [2.05, 4.69) is 0 Å². The van der Waals surface area contributed by atoms with E-state index in [-0.39, 0.29) is 18.1 Å². The molecule has 10 nitrogen and oxygen atoms in total. The van der Waals surface area contributed by atoms with Gasteiger partial charge in [0, 0.05) is 36.8 Å². The van der Waals surface area contributed by atoms with Crippen LogP contribution in [0.15, 0.2) is 34.9 Å². The predicted octanol–water partition coefficient (Wildman–Crippen LogP) is 4.59. The summed E-state index contributed by atoms with van der Waals surface area (Å²) < 4.78 is 30.4. The topological polar surface area (TPSA) is 135 Å². The second kappa shape index (κ2) is 11.6. The van der Waals surface area contributed by atoms with Crippen molar-refractivity contribution >= 4 is 29.7 Å². The van der Waals surface area contributed by atoms with Gasteiger partial charge in [-0.1, -0.05) is 39.8 Å². The lowest BCUT2D eigenvalue weighted by atomic mass is 9.80. The summed E-state index contributed by atoms with van der Waals surface area (Å²) in [5, 5.41) is 0. The summed E-state index contributed by atoms with van der Waals surface area (Å²) in [6.45, 7) is 18.6. The Morgan fingerprint density at radius 1 is 0.841 bits per heavy atom. The van der Waals surface area contributed by atoms with Crippen molar-refractivity contribution in [2.45, 2.75) is 118 Å². The molecular formula is C34H46O10. The van der Waals surface area contributed by atoms with Gasteiger partial charge in [0.15, 0.2) is 23.1 Å². The summed E-state index contributed by atoms with van der Waals surface area (Å²) in [5.74, 6) is -4.41. The van der Waals surface area contributed by atoms with Gasteiger partial charge in [0.25, 0.3) is 0 Å². The van der Waals surface area contributed by atoms with Crippen LogP contribution >= 0.6 is 0 Å². The number of esters is 4. The summed E-state index contributed by atoms with van der Waals surface area (Å²) >= 11 is 0. The zero-order valence-electron chi connectivity index (χ0n) is 27.6. The van der Waals surface area contributed by atoms with E-state index < -0.39 is 82.7 Å². The van der Waals surface area contributed by atoms with Gasteiger partial charge in [0.1, 0.15) is 18.3 Å². The van der Waals surface area contributed by atoms with E-state index in [1.165, 1.54) is 13.8 Å². The van der Waals surface area contributed by atoms with Gasteiger partial charge in [-0.25, -0.2) is 9.59 Å². The SMILES string of the molecule is C/C=C(\C)C(=O)O[C@@H]1/C(C)=C/[C@@]23O[C@@]2(C[C@H](C)[C@@H]3OC(=O)/C(C)=C/C)C(=O)[C@H](C)[C@H](OC(C)=O)[C@@H]2[C@H]([C@@H]1OC(C)=O)C2(C)C. The minimum Gasteiger partial charge on any atom is -0.461 e. The molecular weight excluding hydrogens is 568 g/mol. The minimum atomic E-state index is -1.36. The van der Waals surface area contributed by atoms with Crippen molar-refractivity contribution < 1.29 is 47.7 Å². The molecule has 1 heterocycles. The smallest absolute Gasteiger partial charge is 0.334 e. The van der Waals surface area contributed by atoms with Crippen molar-refractivity contribution in [1.82, 2.24) is 0 Å². The summed E-state index contributed by atoms with van der Waals surface area (Å²) in [6.07, 6.45) is 1.52. The molecule has 0 spiro atoms. The van der Waals surface area contributed by atoms with Gasteiger partial charge in [-0.2, -0.15) is 0 Å². The fraction of sp³-hybridized carbons (Fsp3) is 0.676. The van der Waals surface area contributed by atoms with Crippen LogP contribution in [0.5, 0.6) is 0 Å². The fourth-order valence-corrected chi connectivity index (χ4v) is 7.69. The van der Waals surface area contributed by atoms with Crippen LogP contribution < -0.4 is 0 Å². The Morgan fingerprint density at radius 3 is 1.86 bits per heavy atom. The maximum Gasteiger partial charge on any atom is 0.334 e. The molecule has 2 saturated carbocycles. The van der Waals surface area contributed by atoms with Gasteiger partial charge in [-0.15, -0.1) is 0 Å². The molecule has 0 radical (unpaired) electrons. The molecule has 242 valence electrons. The van der Waals surface area contributed by atoms with Crippen molar-refractivity contribution in [1.29, 1.82) is 0 Å². The molecule has 0 bridgehead atoms. The predicted molar refractivity (Wildman–Crippen MR) is 159 cm³/mol. The van der Waals surface area contributed by atoms with Gasteiger partial charge in [0.2, 0.25) is 0 Å². The molecule has 3 aliphatic carbocycles. The van der Waals surface area contributed by atoms with Gasteiger partial charge in [-0.05, 0) is 64.0 Å². The lowest BCUT2D eigenvalue weighted by Gasteiger charge is -2.30. The molecule has 44 heavy (non-hydrogen) atoms. The molecule has 0 aromatic heterocycles. The summed E-state index contributed by atoms with van der Waals surface area (Å²) in [6, 6.07) is 0. The van der Waals surface area contributed by atoms with E-state index in [9.17, 15) is 24.0 Å². The van der Waals surface area contributed by atoms with Gasteiger partial charge in [-0.3, -0.25) is 14.4 Å². The van der Waals surface area contributed by atoms with Gasteiger partial charge < -0.3 is 23.7 Å². The molecule has 0 amide bonds. The quantitative estimate of drug-likeness (QED) is 0.137. The number of rotatable bonds is 6. The Morgan fingerprint density at radius 2 is 1.34 bits per heavy atom. The number of hydrogen-bond donors (Lipinski definition) is 0. The Labute approximate surface area is 259 Å². The summed E-state index contributed by atoms with van der Waals surface area (Å²) in [4.78, 5) is 65.7.